The van der Waals surface area contributed by atoms with Crippen molar-refractivity contribution in [3.63, 3.8) is 0 Å². The molecular formula is C54H88O6. The third-order valence-electron chi connectivity index (χ3n) is 23.8. The molecule has 0 aromatic heterocycles. The predicted octanol–water partition coefficient (Wildman–Crippen LogP) is 11.6. The van der Waals surface area contributed by atoms with Gasteiger partial charge in [0.2, 0.25) is 0 Å². The minimum atomic E-state index is -0.282. The van der Waals surface area contributed by atoms with Crippen molar-refractivity contribution in [2.24, 2.45) is 105 Å². The summed E-state index contributed by atoms with van der Waals surface area (Å²) >= 11 is 0. The molecule has 2 N–H and O–H groups in total. The molecule has 60 heavy (non-hydrogen) atoms. The third kappa shape index (κ3) is 6.02. The summed E-state index contributed by atoms with van der Waals surface area (Å²) in [6.07, 6.45) is 25.7. The number of rotatable bonds is 0. The highest BCUT2D eigenvalue weighted by Crippen LogP contribution is 2.73. The molecule has 8 saturated carbocycles. The molecule has 6 nitrogen and oxygen atoms in total. The number of fused-ring (bicyclic) bond motifs is 14. The van der Waals surface area contributed by atoms with Gasteiger partial charge in [0.1, 0.15) is 0 Å². The van der Waals surface area contributed by atoms with Gasteiger partial charge in [-0.15, -0.1) is 0 Å². The smallest absolute Gasteiger partial charge is 0.171 e. The molecule has 0 unspecified atom stereocenters. The Bertz CT molecular complexity index is 1480. The molecule has 12 aliphatic rings. The van der Waals surface area contributed by atoms with Crippen LogP contribution in [0, 0.1) is 105 Å². The first-order valence-electron chi connectivity index (χ1n) is 26.5. The zero-order valence-electron chi connectivity index (χ0n) is 39.5. The Morgan fingerprint density at radius 3 is 1.20 bits per heavy atom. The minimum absolute atomic E-state index is 0.0389. The monoisotopic (exact) mass is 833 g/mol. The standard InChI is InChI=1S/2C27H44O3/c2*1-16-7-12-27(29-15-16)17(2)24-23(30-27)14-22-20-6-5-18-13-19(28)8-10-25(18,3)21(20)9-11-26(22,24)4/h2*16-24,28H,5-15H2,1-4H3/t2*16-,17-,18+,19-,20+,21-,22-,23-,24-,25-,26-,27+/m00/s1. The molecule has 2 spiro atoms. The van der Waals surface area contributed by atoms with Crippen LogP contribution in [0.5, 0.6) is 0 Å². The van der Waals surface area contributed by atoms with Crippen LogP contribution in [0.1, 0.15) is 184 Å². The van der Waals surface area contributed by atoms with Gasteiger partial charge in [0.15, 0.2) is 11.6 Å². The second kappa shape index (κ2) is 14.6. The molecule has 4 aliphatic heterocycles. The predicted molar refractivity (Wildman–Crippen MR) is 235 cm³/mol. The Balaban J connectivity index is 0.000000136. The lowest BCUT2D eigenvalue weighted by molar-refractivity contribution is -0.273. The number of hydrogen-bond donors (Lipinski definition) is 2. The van der Waals surface area contributed by atoms with Crippen molar-refractivity contribution in [2.75, 3.05) is 13.2 Å². The van der Waals surface area contributed by atoms with E-state index in [1.807, 2.05) is 0 Å². The third-order valence-corrected chi connectivity index (χ3v) is 23.8. The maximum atomic E-state index is 10.3. The van der Waals surface area contributed by atoms with Crippen molar-refractivity contribution in [3.05, 3.63) is 0 Å². The van der Waals surface area contributed by atoms with Crippen LogP contribution in [0.25, 0.3) is 0 Å². The molecular weight excluding hydrogens is 745 g/mol. The van der Waals surface area contributed by atoms with Gasteiger partial charge >= 0.3 is 0 Å². The van der Waals surface area contributed by atoms with Crippen LogP contribution in [-0.2, 0) is 18.9 Å². The Kier molecular flexibility index (Phi) is 10.3. The molecule has 0 aromatic rings. The maximum absolute atomic E-state index is 10.3. The lowest BCUT2D eigenvalue weighted by Crippen LogP contribution is -2.55. The minimum Gasteiger partial charge on any atom is -0.393 e. The number of aliphatic hydroxyl groups is 2. The van der Waals surface area contributed by atoms with Gasteiger partial charge in [0.05, 0.1) is 37.6 Å². The number of ether oxygens (including phenoxy) is 4. The van der Waals surface area contributed by atoms with E-state index in [1.165, 1.54) is 89.9 Å². The molecule has 4 saturated heterocycles. The van der Waals surface area contributed by atoms with E-state index in [-0.39, 0.29) is 23.8 Å². The van der Waals surface area contributed by atoms with Gasteiger partial charge in [-0.3, -0.25) is 0 Å². The Labute approximate surface area is 365 Å². The van der Waals surface area contributed by atoms with Crippen molar-refractivity contribution in [1.82, 2.24) is 0 Å². The van der Waals surface area contributed by atoms with Crippen LogP contribution in [0.15, 0.2) is 0 Å². The molecule has 4 heterocycles. The fourth-order valence-corrected chi connectivity index (χ4v) is 20.5. The number of hydrogen-bond acceptors (Lipinski definition) is 6. The lowest BCUT2D eigenvalue weighted by Gasteiger charge is -2.61. The van der Waals surface area contributed by atoms with E-state index in [1.54, 1.807) is 0 Å². The van der Waals surface area contributed by atoms with E-state index in [4.69, 9.17) is 18.9 Å². The highest BCUT2D eigenvalue weighted by atomic mass is 16.7. The van der Waals surface area contributed by atoms with Gasteiger partial charge in [0.25, 0.3) is 0 Å². The van der Waals surface area contributed by atoms with Gasteiger partial charge in [-0.2, -0.15) is 0 Å². The number of aliphatic hydroxyl groups excluding tert-OH is 2. The fourth-order valence-electron chi connectivity index (χ4n) is 20.5. The molecule has 0 amide bonds. The van der Waals surface area contributed by atoms with Gasteiger partial charge in [0, 0.05) is 24.7 Å². The Morgan fingerprint density at radius 1 is 0.417 bits per heavy atom. The summed E-state index contributed by atoms with van der Waals surface area (Å²) in [5, 5.41) is 20.6. The first kappa shape index (κ1) is 42.4. The summed E-state index contributed by atoms with van der Waals surface area (Å²) in [7, 11) is 0. The Morgan fingerprint density at radius 2 is 0.817 bits per heavy atom. The quantitative estimate of drug-likeness (QED) is 0.253. The highest BCUT2D eigenvalue weighted by Gasteiger charge is 2.71. The summed E-state index contributed by atoms with van der Waals surface area (Å²) in [5.41, 5.74) is 1.80. The fraction of sp³-hybridized carbons (Fsp3) is 1.00. The summed E-state index contributed by atoms with van der Waals surface area (Å²) in [6.45, 7) is 21.8. The molecule has 0 aromatic carbocycles. The first-order chi connectivity index (χ1) is 28.5. The van der Waals surface area contributed by atoms with Crippen molar-refractivity contribution >= 4 is 0 Å². The summed E-state index contributed by atoms with van der Waals surface area (Å²) < 4.78 is 26.7. The van der Waals surface area contributed by atoms with Gasteiger partial charge in [-0.25, -0.2) is 0 Å². The van der Waals surface area contributed by atoms with Crippen LogP contribution >= 0.6 is 0 Å². The summed E-state index contributed by atoms with van der Waals surface area (Å²) in [4.78, 5) is 0. The molecule has 0 bridgehead atoms. The van der Waals surface area contributed by atoms with E-state index < -0.39 is 0 Å². The summed E-state index contributed by atoms with van der Waals surface area (Å²) in [6, 6.07) is 0. The van der Waals surface area contributed by atoms with Crippen LogP contribution in [-0.4, -0.2) is 59.4 Å². The highest BCUT2D eigenvalue weighted by molar-refractivity contribution is 5.17. The van der Waals surface area contributed by atoms with Gasteiger partial charge in [-0.1, -0.05) is 55.4 Å². The van der Waals surface area contributed by atoms with Crippen molar-refractivity contribution in [2.45, 2.75) is 220 Å². The second-order valence-corrected chi connectivity index (χ2v) is 26.2. The Hall–Kier alpha value is -0.240. The van der Waals surface area contributed by atoms with E-state index in [9.17, 15) is 10.2 Å². The zero-order valence-corrected chi connectivity index (χ0v) is 39.5. The average molecular weight is 833 g/mol. The van der Waals surface area contributed by atoms with E-state index in [0.717, 1.165) is 99.1 Å². The van der Waals surface area contributed by atoms with Crippen LogP contribution in [0.2, 0.25) is 0 Å². The SMILES string of the molecule is C[C@H]1CC[C@@]2(OC1)O[C@H]1C[C@H]3[C@@H]4CC[C@@H]5C[C@@H](O)CC[C@]5(C)[C@H]4CC[C@]3(C)[C@H]1[C@@H]2C.C[C@H]1CC[C@@]2(OC1)O[C@H]1C[C@H]3[C@@H]4CC[C@@H]5C[C@@H](O)CC[C@]5(C)[C@H]4CC[C@]3(C)[C@H]1[C@@H]2C. The first-order valence-corrected chi connectivity index (χ1v) is 26.5. The largest absolute Gasteiger partial charge is 0.393 e. The van der Waals surface area contributed by atoms with Crippen molar-refractivity contribution < 1.29 is 29.2 Å². The molecule has 24 atom stereocenters. The lowest BCUT2D eigenvalue weighted by atomic mass is 9.44. The van der Waals surface area contributed by atoms with E-state index >= 15 is 0 Å². The molecule has 8 aliphatic carbocycles. The molecule has 6 heteroatoms. The second-order valence-electron chi connectivity index (χ2n) is 26.2. The normalized spacial score (nSPS) is 62.5. The van der Waals surface area contributed by atoms with E-state index in [2.05, 4.69) is 55.4 Å². The topological polar surface area (TPSA) is 77.4 Å². The van der Waals surface area contributed by atoms with Crippen LogP contribution in [0.3, 0.4) is 0 Å². The maximum Gasteiger partial charge on any atom is 0.171 e. The molecule has 12 fully saturated rings. The van der Waals surface area contributed by atoms with Crippen molar-refractivity contribution in [1.29, 1.82) is 0 Å². The average Bonchev–Trinajstić information content (AvgIpc) is 3.87. The van der Waals surface area contributed by atoms with Gasteiger partial charge in [-0.05, 0) is 208 Å². The zero-order chi connectivity index (χ0) is 41.8. The molecule has 0 radical (unpaired) electrons. The van der Waals surface area contributed by atoms with Crippen LogP contribution < -0.4 is 0 Å². The van der Waals surface area contributed by atoms with Crippen LogP contribution in [0.4, 0.5) is 0 Å². The van der Waals surface area contributed by atoms with E-state index in [0.29, 0.717) is 69.4 Å². The molecule has 340 valence electrons. The van der Waals surface area contributed by atoms with Crippen molar-refractivity contribution in [3.8, 4) is 0 Å². The summed E-state index contributed by atoms with van der Waals surface area (Å²) in [5.74, 6) is 9.87. The molecule has 12 rings (SSSR count). The van der Waals surface area contributed by atoms with Gasteiger partial charge < -0.3 is 29.2 Å².